The van der Waals surface area contributed by atoms with Gasteiger partial charge in [0.2, 0.25) is 0 Å². The SMILES string of the molecule is CC(NCCc1nnc2n1CCCCC2)c1ccc(S(C)=O)cc1. The summed E-state index contributed by atoms with van der Waals surface area (Å²) in [6.07, 6.45) is 7.41. The van der Waals surface area contributed by atoms with E-state index in [0.29, 0.717) is 0 Å². The van der Waals surface area contributed by atoms with Gasteiger partial charge in [0.25, 0.3) is 0 Å². The summed E-state index contributed by atoms with van der Waals surface area (Å²) < 4.78 is 13.8. The second-order valence-electron chi connectivity index (χ2n) is 6.44. The van der Waals surface area contributed by atoms with Crippen LogP contribution in [0.1, 0.15) is 49.4 Å². The van der Waals surface area contributed by atoms with Gasteiger partial charge in [-0.1, -0.05) is 18.6 Å². The van der Waals surface area contributed by atoms with E-state index in [0.717, 1.165) is 42.5 Å². The average Bonchev–Trinajstić information content (AvgIpc) is 2.81. The van der Waals surface area contributed by atoms with Gasteiger partial charge >= 0.3 is 0 Å². The quantitative estimate of drug-likeness (QED) is 0.873. The van der Waals surface area contributed by atoms with Crippen molar-refractivity contribution in [2.75, 3.05) is 12.8 Å². The highest BCUT2D eigenvalue weighted by Gasteiger charge is 2.14. The van der Waals surface area contributed by atoms with Gasteiger partial charge in [-0.2, -0.15) is 0 Å². The lowest BCUT2D eigenvalue weighted by Gasteiger charge is -2.15. The molecule has 5 nitrogen and oxygen atoms in total. The summed E-state index contributed by atoms with van der Waals surface area (Å²) in [7, 11) is -0.917. The molecule has 0 saturated heterocycles. The molecule has 3 rings (SSSR count). The first-order valence-corrected chi connectivity index (χ1v) is 10.3. The first-order chi connectivity index (χ1) is 11.6. The van der Waals surface area contributed by atoms with E-state index in [1.165, 1.54) is 24.8 Å². The van der Waals surface area contributed by atoms with E-state index in [2.05, 4.69) is 39.1 Å². The smallest absolute Gasteiger partial charge is 0.134 e. The van der Waals surface area contributed by atoms with Crippen LogP contribution in [0.3, 0.4) is 0 Å². The molecule has 0 bridgehead atoms. The average molecular weight is 346 g/mol. The molecule has 1 N–H and O–H groups in total. The summed E-state index contributed by atoms with van der Waals surface area (Å²) in [6.45, 7) is 4.09. The van der Waals surface area contributed by atoms with Gasteiger partial charge in [0.15, 0.2) is 0 Å². The summed E-state index contributed by atoms with van der Waals surface area (Å²) in [6, 6.07) is 8.26. The number of fused-ring (bicyclic) bond motifs is 1. The maximum absolute atomic E-state index is 11.5. The molecule has 2 heterocycles. The number of rotatable bonds is 6. The fraction of sp³-hybridized carbons (Fsp3) is 0.556. The van der Waals surface area contributed by atoms with Crippen molar-refractivity contribution in [1.29, 1.82) is 0 Å². The van der Waals surface area contributed by atoms with E-state index in [1.54, 1.807) is 6.26 Å². The second kappa shape index (κ2) is 8.03. The number of hydrogen-bond acceptors (Lipinski definition) is 4. The first-order valence-electron chi connectivity index (χ1n) is 8.73. The van der Waals surface area contributed by atoms with E-state index < -0.39 is 10.8 Å². The van der Waals surface area contributed by atoms with Crippen LogP contribution in [0.5, 0.6) is 0 Å². The van der Waals surface area contributed by atoms with E-state index in [-0.39, 0.29) is 6.04 Å². The molecule has 0 aliphatic carbocycles. The third-order valence-corrected chi connectivity index (χ3v) is 5.63. The molecule has 0 saturated carbocycles. The fourth-order valence-corrected chi connectivity index (χ4v) is 3.72. The summed E-state index contributed by atoms with van der Waals surface area (Å²) in [5.74, 6) is 2.25. The minimum Gasteiger partial charge on any atom is -0.315 e. The molecule has 2 atom stereocenters. The van der Waals surface area contributed by atoms with Crippen LogP contribution in [0.2, 0.25) is 0 Å². The summed E-state index contributed by atoms with van der Waals surface area (Å²) in [5.41, 5.74) is 1.21. The van der Waals surface area contributed by atoms with Crippen molar-refractivity contribution >= 4 is 10.8 Å². The highest BCUT2D eigenvalue weighted by Crippen LogP contribution is 2.16. The molecule has 2 aromatic rings. The van der Waals surface area contributed by atoms with E-state index in [4.69, 9.17) is 0 Å². The van der Waals surface area contributed by atoms with Gasteiger partial charge in [0.05, 0.1) is 0 Å². The predicted octanol–water partition coefficient (Wildman–Crippen LogP) is 2.64. The van der Waals surface area contributed by atoms with E-state index >= 15 is 0 Å². The standard InChI is InChI=1S/C18H26N4OS/c1-14(15-7-9-16(10-8-15)24(2)23)19-12-11-18-21-20-17-6-4-3-5-13-22(17)18/h7-10,14,19H,3-6,11-13H2,1-2H3. The minimum atomic E-state index is -0.917. The molecular formula is C18H26N4OS. The molecule has 0 spiro atoms. The van der Waals surface area contributed by atoms with E-state index in [9.17, 15) is 4.21 Å². The van der Waals surface area contributed by atoms with Gasteiger partial charge in [-0.25, -0.2) is 0 Å². The summed E-state index contributed by atoms with van der Waals surface area (Å²) in [5, 5.41) is 12.3. The van der Waals surface area contributed by atoms with Crippen molar-refractivity contribution in [3.8, 4) is 0 Å². The molecule has 130 valence electrons. The molecule has 2 unspecified atom stereocenters. The largest absolute Gasteiger partial charge is 0.315 e. The number of aromatic nitrogens is 3. The molecule has 1 aromatic carbocycles. The molecule has 1 aliphatic heterocycles. The summed E-state index contributed by atoms with van der Waals surface area (Å²) >= 11 is 0. The summed E-state index contributed by atoms with van der Waals surface area (Å²) in [4.78, 5) is 0.872. The Hall–Kier alpha value is -1.53. The highest BCUT2D eigenvalue weighted by atomic mass is 32.2. The lowest BCUT2D eigenvalue weighted by atomic mass is 10.1. The Labute approximate surface area is 146 Å². The van der Waals surface area contributed by atoms with Gasteiger partial charge < -0.3 is 9.88 Å². The number of benzene rings is 1. The Morgan fingerprint density at radius 3 is 2.75 bits per heavy atom. The number of hydrogen-bond donors (Lipinski definition) is 1. The zero-order chi connectivity index (χ0) is 16.9. The maximum Gasteiger partial charge on any atom is 0.134 e. The molecule has 1 aromatic heterocycles. The van der Waals surface area contributed by atoms with Crippen molar-refractivity contribution in [3.63, 3.8) is 0 Å². The zero-order valence-corrected chi connectivity index (χ0v) is 15.3. The molecule has 24 heavy (non-hydrogen) atoms. The predicted molar refractivity (Wildman–Crippen MR) is 96.5 cm³/mol. The molecule has 0 radical (unpaired) electrons. The monoisotopic (exact) mass is 346 g/mol. The van der Waals surface area contributed by atoms with Crippen LogP contribution in [0.15, 0.2) is 29.2 Å². The van der Waals surface area contributed by atoms with Crippen LogP contribution in [0.4, 0.5) is 0 Å². The van der Waals surface area contributed by atoms with Crippen molar-refractivity contribution in [2.24, 2.45) is 0 Å². The Morgan fingerprint density at radius 2 is 2.00 bits per heavy atom. The topological polar surface area (TPSA) is 59.8 Å². The van der Waals surface area contributed by atoms with Gasteiger partial charge in [-0.05, 0) is 37.5 Å². The van der Waals surface area contributed by atoms with Crippen LogP contribution in [-0.4, -0.2) is 31.8 Å². The van der Waals surface area contributed by atoms with Crippen molar-refractivity contribution in [1.82, 2.24) is 20.1 Å². The van der Waals surface area contributed by atoms with Crippen LogP contribution >= 0.6 is 0 Å². The van der Waals surface area contributed by atoms with Crippen molar-refractivity contribution in [3.05, 3.63) is 41.5 Å². The third kappa shape index (κ3) is 4.11. The fourth-order valence-electron chi connectivity index (χ4n) is 3.20. The van der Waals surface area contributed by atoms with Crippen LogP contribution in [0, 0.1) is 0 Å². The van der Waals surface area contributed by atoms with Crippen LogP contribution in [-0.2, 0) is 30.2 Å². The normalized spacial score (nSPS) is 17.1. The number of aryl methyl sites for hydroxylation is 1. The van der Waals surface area contributed by atoms with Gasteiger partial charge in [-0.15, -0.1) is 10.2 Å². The van der Waals surface area contributed by atoms with Crippen molar-refractivity contribution in [2.45, 2.75) is 56.5 Å². The van der Waals surface area contributed by atoms with Gasteiger partial charge in [0.1, 0.15) is 11.6 Å². The van der Waals surface area contributed by atoms with Crippen LogP contribution < -0.4 is 5.32 Å². The van der Waals surface area contributed by atoms with Crippen molar-refractivity contribution < 1.29 is 4.21 Å². The Kier molecular flexibility index (Phi) is 5.79. The highest BCUT2D eigenvalue weighted by molar-refractivity contribution is 7.84. The van der Waals surface area contributed by atoms with Crippen LogP contribution in [0.25, 0.3) is 0 Å². The number of nitrogens with zero attached hydrogens (tertiary/aromatic N) is 3. The van der Waals surface area contributed by atoms with Gasteiger partial charge in [-0.3, -0.25) is 4.21 Å². The lowest BCUT2D eigenvalue weighted by Crippen LogP contribution is -2.22. The minimum absolute atomic E-state index is 0.260. The first kappa shape index (κ1) is 17.3. The molecule has 1 aliphatic rings. The molecular weight excluding hydrogens is 320 g/mol. The Morgan fingerprint density at radius 1 is 1.21 bits per heavy atom. The van der Waals surface area contributed by atoms with Gasteiger partial charge in [0, 0.05) is 53.9 Å². The molecule has 0 fully saturated rings. The number of nitrogens with one attached hydrogen (secondary N) is 1. The van der Waals surface area contributed by atoms with E-state index in [1.807, 2.05) is 12.1 Å². The lowest BCUT2D eigenvalue weighted by molar-refractivity contribution is 0.548. The molecule has 0 amide bonds. The maximum atomic E-state index is 11.5. The zero-order valence-electron chi connectivity index (χ0n) is 14.5. The molecule has 6 heteroatoms. The second-order valence-corrected chi connectivity index (χ2v) is 7.82. The Balaban J connectivity index is 1.54. The Bertz CT molecular complexity index is 696. The third-order valence-electron chi connectivity index (χ3n) is 4.70.